The summed E-state index contributed by atoms with van der Waals surface area (Å²) in [6, 6.07) is 0. The summed E-state index contributed by atoms with van der Waals surface area (Å²) in [6.45, 7) is 9.02. The molecule has 4 nitrogen and oxygen atoms in total. The number of rotatable bonds is 7. The standard InChI is InChI=1S/C13H26O2.C2H4O2/c1-5-6-7-8-9-10-11-12(14)15-13(2,3)4;1-2(3)4/h5-11H2,1-4H3;1H3,(H,3,4). The molecule has 0 aliphatic rings. The second-order valence-electron chi connectivity index (χ2n) is 5.62. The van der Waals surface area contributed by atoms with Crippen molar-refractivity contribution in [1.29, 1.82) is 0 Å². The van der Waals surface area contributed by atoms with Crippen LogP contribution < -0.4 is 0 Å². The first kappa shape index (κ1) is 20.3. The van der Waals surface area contributed by atoms with Gasteiger partial charge in [0, 0.05) is 13.3 Å². The molecule has 0 rings (SSSR count). The van der Waals surface area contributed by atoms with E-state index < -0.39 is 5.97 Å². The number of carboxylic acids is 1. The van der Waals surface area contributed by atoms with Gasteiger partial charge in [0.15, 0.2) is 0 Å². The van der Waals surface area contributed by atoms with Gasteiger partial charge in [-0.1, -0.05) is 39.0 Å². The number of unbranched alkanes of at least 4 members (excludes halogenated alkanes) is 5. The number of aliphatic carboxylic acids is 1. The van der Waals surface area contributed by atoms with Gasteiger partial charge in [-0.3, -0.25) is 9.59 Å². The van der Waals surface area contributed by atoms with Crippen molar-refractivity contribution in [2.24, 2.45) is 0 Å². The molecule has 0 atom stereocenters. The van der Waals surface area contributed by atoms with E-state index in [2.05, 4.69) is 6.92 Å². The van der Waals surface area contributed by atoms with Gasteiger partial charge < -0.3 is 9.84 Å². The highest BCUT2D eigenvalue weighted by Crippen LogP contribution is 2.11. The van der Waals surface area contributed by atoms with E-state index in [0.717, 1.165) is 19.8 Å². The Bertz CT molecular complexity index is 237. The minimum atomic E-state index is -0.833. The third kappa shape index (κ3) is 26.5. The zero-order valence-corrected chi connectivity index (χ0v) is 13.1. The molecule has 0 amide bonds. The van der Waals surface area contributed by atoms with Crippen LogP contribution in [0.25, 0.3) is 0 Å². The van der Waals surface area contributed by atoms with Gasteiger partial charge in [-0.25, -0.2) is 0 Å². The van der Waals surface area contributed by atoms with Crippen LogP contribution >= 0.6 is 0 Å². The third-order valence-electron chi connectivity index (χ3n) is 2.15. The minimum absolute atomic E-state index is 0.0574. The molecular formula is C15H30O4. The fourth-order valence-corrected chi connectivity index (χ4v) is 1.44. The second kappa shape index (κ2) is 12.0. The molecule has 0 bridgehead atoms. The van der Waals surface area contributed by atoms with E-state index in [9.17, 15) is 4.79 Å². The Morgan fingerprint density at radius 1 is 1.00 bits per heavy atom. The predicted molar refractivity (Wildman–Crippen MR) is 77.1 cm³/mol. The first-order valence-electron chi connectivity index (χ1n) is 7.10. The Balaban J connectivity index is 0. The number of carbonyl (C=O) groups excluding carboxylic acids is 1. The highest BCUT2D eigenvalue weighted by atomic mass is 16.6. The minimum Gasteiger partial charge on any atom is -0.481 e. The maximum Gasteiger partial charge on any atom is 0.306 e. The number of esters is 1. The lowest BCUT2D eigenvalue weighted by molar-refractivity contribution is -0.155. The van der Waals surface area contributed by atoms with Crippen LogP contribution in [0.4, 0.5) is 0 Å². The average molecular weight is 274 g/mol. The van der Waals surface area contributed by atoms with Crippen molar-refractivity contribution in [1.82, 2.24) is 0 Å². The van der Waals surface area contributed by atoms with Gasteiger partial charge in [-0.2, -0.15) is 0 Å². The van der Waals surface area contributed by atoms with Gasteiger partial charge >= 0.3 is 5.97 Å². The monoisotopic (exact) mass is 274 g/mol. The molecule has 4 heteroatoms. The number of carboxylic acid groups (broad SMARTS) is 1. The number of hydrogen-bond donors (Lipinski definition) is 1. The van der Waals surface area contributed by atoms with E-state index >= 15 is 0 Å². The Morgan fingerprint density at radius 3 is 1.84 bits per heavy atom. The Morgan fingerprint density at radius 2 is 1.42 bits per heavy atom. The van der Waals surface area contributed by atoms with Crippen LogP contribution in [-0.4, -0.2) is 22.6 Å². The van der Waals surface area contributed by atoms with Crippen molar-refractivity contribution in [2.45, 2.75) is 85.2 Å². The molecule has 0 saturated heterocycles. The van der Waals surface area contributed by atoms with Crippen LogP contribution in [0, 0.1) is 0 Å². The first-order chi connectivity index (χ1) is 8.69. The Labute approximate surface area is 117 Å². The van der Waals surface area contributed by atoms with Crippen molar-refractivity contribution in [3.8, 4) is 0 Å². The summed E-state index contributed by atoms with van der Waals surface area (Å²) in [6.07, 6.45) is 7.82. The molecule has 0 aromatic carbocycles. The maximum absolute atomic E-state index is 11.3. The molecule has 19 heavy (non-hydrogen) atoms. The molecule has 0 heterocycles. The van der Waals surface area contributed by atoms with Crippen LogP contribution in [-0.2, 0) is 14.3 Å². The summed E-state index contributed by atoms with van der Waals surface area (Å²) in [5.74, 6) is -0.891. The average Bonchev–Trinajstić information content (AvgIpc) is 2.19. The zero-order chi connectivity index (χ0) is 15.3. The van der Waals surface area contributed by atoms with Crippen molar-refractivity contribution in [3.05, 3.63) is 0 Å². The number of ether oxygens (including phenoxy) is 1. The van der Waals surface area contributed by atoms with Gasteiger partial charge in [0.25, 0.3) is 5.97 Å². The SMILES string of the molecule is CC(=O)O.CCCCCCCCC(=O)OC(C)(C)C. The summed E-state index contributed by atoms with van der Waals surface area (Å²) in [7, 11) is 0. The van der Waals surface area contributed by atoms with E-state index in [1.807, 2.05) is 20.8 Å². The summed E-state index contributed by atoms with van der Waals surface area (Å²) in [5.41, 5.74) is -0.334. The zero-order valence-electron chi connectivity index (χ0n) is 13.1. The van der Waals surface area contributed by atoms with E-state index in [1.165, 1.54) is 25.7 Å². The summed E-state index contributed by atoms with van der Waals surface area (Å²) >= 11 is 0. The molecule has 0 saturated carbocycles. The van der Waals surface area contributed by atoms with Crippen molar-refractivity contribution < 1.29 is 19.4 Å². The van der Waals surface area contributed by atoms with Crippen LogP contribution in [0.3, 0.4) is 0 Å². The Hall–Kier alpha value is -1.06. The fraction of sp³-hybridized carbons (Fsp3) is 0.867. The lowest BCUT2D eigenvalue weighted by Gasteiger charge is -2.19. The third-order valence-corrected chi connectivity index (χ3v) is 2.15. The smallest absolute Gasteiger partial charge is 0.306 e. The molecular weight excluding hydrogens is 244 g/mol. The summed E-state index contributed by atoms with van der Waals surface area (Å²) in [4.78, 5) is 20.3. The number of carbonyl (C=O) groups is 2. The molecule has 1 N–H and O–H groups in total. The van der Waals surface area contributed by atoms with Gasteiger partial charge in [0.05, 0.1) is 0 Å². The van der Waals surface area contributed by atoms with Gasteiger partial charge in [-0.15, -0.1) is 0 Å². The predicted octanol–water partition coefficient (Wildman–Crippen LogP) is 4.17. The maximum atomic E-state index is 11.3. The highest BCUT2D eigenvalue weighted by molar-refractivity contribution is 5.69. The molecule has 0 aliphatic carbocycles. The van der Waals surface area contributed by atoms with Crippen LogP contribution in [0.5, 0.6) is 0 Å². The first-order valence-corrected chi connectivity index (χ1v) is 7.10. The lowest BCUT2D eigenvalue weighted by atomic mass is 10.1. The summed E-state index contributed by atoms with van der Waals surface area (Å²) in [5, 5.41) is 7.42. The van der Waals surface area contributed by atoms with Crippen molar-refractivity contribution >= 4 is 11.9 Å². The van der Waals surface area contributed by atoms with Crippen molar-refractivity contribution in [2.75, 3.05) is 0 Å². The Kier molecular flexibility index (Phi) is 12.8. The van der Waals surface area contributed by atoms with Gasteiger partial charge in [-0.05, 0) is 27.2 Å². The quantitative estimate of drug-likeness (QED) is 0.559. The van der Waals surface area contributed by atoms with E-state index in [-0.39, 0.29) is 11.6 Å². The highest BCUT2D eigenvalue weighted by Gasteiger charge is 2.15. The van der Waals surface area contributed by atoms with E-state index in [1.54, 1.807) is 0 Å². The van der Waals surface area contributed by atoms with Crippen LogP contribution in [0.15, 0.2) is 0 Å². The van der Waals surface area contributed by atoms with Gasteiger partial charge in [0.1, 0.15) is 5.60 Å². The molecule has 0 aliphatic heterocycles. The molecule has 0 radical (unpaired) electrons. The van der Waals surface area contributed by atoms with E-state index in [0.29, 0.717) is 6.42 Å². The molecule has 0 spiro atoms. The van der Waals surface area contributed by atoms with E-state index in [4.69, 9.17) is 14.6 Å². The molecule has 114 valence electrons. The fourth-order valence-electron chi connectivity index (χ4n) is 1.44. The normalized spacial score (nSPS) is 10.4. The molecule has 0 aromatic heterocycles. The van der Waals surface area contributed by atoms with Crippen LogP contribution in [0.1, 0.15) is 79.6 Å². The number of hydrogen-bond acceptors (Lipinski definition) is 3. The van der Waals surface area contributed by atoms with Crippen LogP contribution in [0.2, 0.25) is 0 Å². The second-order valence-corrected chi connectivity index (χ2v) is 5.62. The largest absolute Gasteiger partial charge is 0.481 e. The van der Waals surface area contributed by atoms with Crippen molar-refractivity contribution in [3.63, 3.8) is 0 Å². The molecule has 0 aromatic rings. The topological polar surface area (TPSA) is 63.6 Å². The molecule has 0 unspecified atom stereocenters. The molecule has 0 fully saturated rings. The van der Waals surface area contributed by atoms with Gasteiger partial charge in [0.2, 0.25) is 0 Å². The summed E-state index contributed by atoms with van der Waals surface area (Å²) < 4.78 is 5.23. The lowest BCUT2D eigenvalue weighted by Crippen LogP contribution is -2.23.